The third kappa shape index (κ3) is 4.17. The summed E-state index contributed by atoms with van der Waals surface area (Å²) in [6.45, 7) is 6.63. The molecule has 0 saturated carbocycles. The lowest BCUT2D eigenvalue weighted by atomic mass is 10.2. The van der Waals surface area contributed by atoms with Gasteiger partial charge in [-0.2, -0.15) is 5.10 Å². The summed E-state index contributed by atoms with van der Waals surface area (Å²) < 4.78 is 29.5. The molecule has 0 spiro atoms. The van der Waals surface area contributed by atoms with Crippen molar-refractivity contribution in [2.75, 3.05) is 6.54 Å². The van der Waals surface area contributed by atoms with Gasteiger partial charge in [0.2, 0.25) is 10.0 Å². The Hall–Kier alpha value is -2.72. The Kier molecular flexibility index (Phi) is 5.03. The normalized spacial score (nSPS) is 13.1. The first-order chi connectivity index (χ1) is 12.7. The van der Waals surface area contributed by atoms with Crippen molar-refractivity contribution in [2.24, 2.45) is 5.92 Å². The second-order valence-electron chi connectivity index (χ2n) is 6.68. The van der Waals surface area contributed by atoms with Crippen molar-refractivity contribution in [3.63, 3.8) is 0 Å². The standard InChI is InChI=1S/C17H21N5O4S/c1-10(9-22-12(3)6-11(2)21-22)8-18-27(25,26)13-4-5-14-15(7-13)20-17(24)16(23)19-14/h4-7,10,18H,8-9H2,1-3H3,(H,19,23)(H,20,24). The van der Waals surface area contributed by atoms with Crippen LogP contribution < -0.4 is 15.8 Å². The van der Waals surface area contributed by atoms with E-state index >= 15 is 0 Å². The Morgan fingerprint density at radius 3 is 2.41 bits per heavy atom. The van der Waals surface area contributed by atoms with E-state index in [4.69, 9.17) is 0 Å². The summed E-state index contributed by atoms with van der Waals surface area (Å²) in [6.07, 6.45) is 0. The topological polar surface area (TPSA) is 130 Å². The molecule has 9 nitrogen and oxygen atoms in total. The lowest BCUT2D eigenvalue weighted by Gasteiger charge is -2.14. The van der Waals surface area contributed by atoms with Crippen molar-refractivity contribution in [3.8, 4) is 0 Å². The van der Waals surface area contributed by atoms with Gasteiger partial charge in [-0.3, -0.25) is 14.3 Å². The van der Waals surface area contributed by atoms with Crippen LogP contribution in [0.5, 0.6) is 0 Å². The smallest absolute Gasteiger partial charge is 0.314 e. The number of benzene rings is 1. The molecule has 144 valence electrons. The molecule has 1 atom stereocenters. The highest BCUT2D eigenvalue weighted by atomic mass is 32.2. The van der Waals surface area contributed by atoms with Gasteiger partial charge in [0, 0.05) is 18.8 Å². The largest absolute Gasteiger partial charge is 0.316 e. The number of nitrogens with zero attached hydrogens (tertiary/aromatic N) is 2. The summed E-state index contributed by atoms with van der Waals surface area (Å²) in [5.74, 6) is 0.0226. The second kappa shape index (κ2) is 7.12. The minimum Gasteiger partial charge on any atom is -0.316 e. The summed E-state index contributed by atoms with van der Waals surface area (Å²) in [6, 6.07) is 6.11. The number of hydrogen-bond acceptors (Lipinski definition) is 5. The highest BCUT2D eigenvalue weighted by Gasteiger charge is 2.17. The molecule has 0 amide bonds. The van der Waals surface area contributed by atoms with E-state index in [0.717, 1.165) is 11.4 Å². The van der Waals surface area contributed by atoms with E-state index in [1.807, 2.05) is 31.5 Å². The fourth-order valence-electron chi connectivity index (χ4n) is 2.82. The SMILES string of the molecule is Cc1cc(C)n(CC(C)CNS(=O)(=O)c2ccc3[nH]c(=O)c(=O)[nH]c3c2)n1. The van der Waals surface area contributed by atoms with Crippen LogP contribution in [0, 0.1) is 19.8 Å². The van der Waals surface area contributed by atoms with Gasteiger partial charge in [0.15, 0.2) is 0 Å². The quantitative estimate of drug-likeness (QED) is 0.531. The predicted octanol–water partition coefficient (Wildman–Crippen LogP) is 0.644. The molecular weight excluding hydrogens is 370 g/mol. The summed E-state index contributed by atoms with van der Waals surface area (Å²) in [7, 11) is -3.76. The first kappa shape index (κ1) is 19.1. The van der Waals surface area contributed by atoms with Crippen LogP contribution in [0.3, 0.4) is 0 Å². The Morgan fingerprint density at radius 1 is 1.11 bits per heavy atom. The fraction of sp³-hybridized carbons (Fsp3) is 0.353. The zero-order valence-corrected chi connectivity index (χ0v) is 16.1. The first-order valence-corrected chi connectivity index (χ1v) is 9.91. The van der Waals surface area contributed by atoms with Crippen molar-refractivity contribution in [1.29, 1.82) is 0 Å². The first-order valence-electron chi connectivity index (χ1n) is 8.43. The molecule has 0 aliphatic carbocycles. The maximum atomic E-state index is 12.6. The second-order valence-corrected chi connectivity index (χ2v) is 8.45. The van der Waals surface area contributed by atoms with E-state index in [0.29, 0.717) is 12.1 Å². The van der Waals surface area contributed by atoms with Crippen LogP contribution >= 0.6 is 0 Å². The molecule has 27 heavy (non-hydrogen) atoms. The molecule has 10 heteroatoms. The number of fused-ring (bicyclic) bond motifs is 1. The number of hydrogen-bond donors (Lipinski definition) is 3. The highest BCUT2D eigenvalue weighted by Crippen LogP contribution is 2.15. The van der Waals surface area contributed by atoms with Crippen molar-refractivity contribution in [3.05, 3.63) is 56.4 Å². The van der Waals surface area contributed by atoms with Gasteiger partial charge < -0.3 is 9.97 Å². The average molecular weight is 391 g/mol. The summed E-state index contributed by atoms with van der Waals surface area (Å²) in [5.41, 5.74) is 0.936. The van der Waals surface area contributed by atoms with E-state index < -0.39 is 21.1 Å². The van der Waals surface area contributed by atoms with Crippen LogP contribution in [0.2, 0.25) is 0 Å². The van der Waals surface area contributed by atoms with Crippen LogP contribution in [0.1, 0.15) is 18.3 Å². The van der Waals surface area contributed by atoms with Crippen molar-refractivity contribution in [1.82, 2.24) is 24.5 Å². The van der Waals surface area contributed by atoms with E-state index in [1.54, 1.807) is 0 Å². The predicted molar refractivity (Wildman–Crippen MR) is 101 cm³/mol. The molecule has 0 bridgehead atoms. The molecule has 3 rings (SSSR count). The van der Waals surface area contributed by atoms with Crippen LogP contribution in [-0.4, -0.2) is 34.7 Å². The molecule has 3 aromatic rings. The highest BCUT2D eigenvalue weighted by molar-refractivity contribution is 7.89. The Labute approximate surface area is 155 Å². The van der Waals surface area contributed by atoms with E-state index in [1.165, 1.54) is 18.2 Å². The van der Waals surface area contributed by atoms with Crippen molar-refractivity contribution in [2.45, 2.75) is 32.2 Å². The lowest BCUT2D eigenvalue weighted by molar-refractivity contribution is 0.436. The van der Waals surface area contributed by atoms with E-state index in [9.17, 15) is 18.0 Å². The molecule has 0 saturated heterocycles. The van der Waals surface area contributed by atoms with Gasteiger partial charge in [-0.1, -0.05) is 6.92 Å². The van der Waals surface area contributed by atoms with Gasteiger partial charge in [-0.15, -0.1) is 0 Å². The average Bonchev–Trinajstić information content (AvgIpc) is 2.91. The molecule has 0 aliphatic rings. The van der Waals surface area contributed by atoms with Gasteiger partial charge in [-0.05, 0) is 44.0 Å². The van der Waals surface area contributed by atoms with Gasteiger partial charge in [0.05, 0.1) is 21.6 Å². The van der Waals surface area contributed by atoms with Gasteiger partial charge in [0.1, 0.15) is 0 Å². The molecular formula is C17H21N5O4S. The molecule has 0 fully saturated rings. The van der Waals surface area contributed by atoms with Gasteiger partial charge in [-0.25, -0.2) is 13.1 Å². The van der Waals surface area contributed by atoms with Crippen molar-refractivity contribution < 1.29 is 8.42 Å². The zero-order valence-electron chi connectivity index (χ0n) is 15.2. The zero-order chi connectivity index (χ0) is 19.8. The number of H-pyrrole nitrogens is 2. The van der Waals surface area contributed by atoms with Crippen LogP contribution in [0.4, 0.5) is 0 Å². The van der Waals surface area contributed by atoms with E-state index in [-0.39, 0.29) is 22.9 Å². The molecule has 1 aromatic carbocycles. The molecule has 1 unspecified atom stereocenters. The maximum absolute atomic E-state index is 12.6. The molecule has 3 N–H and O–H groups in total. The summed E-state index contributed by atoms with van der Waals surface area (Å²) in [4.78, 5) is 27.6. The molecule has 0 aliphatic heterocycles. The number of nitrogens with one attached hydrogen (secondary N) is 3. The lowest BCUT2D eigenvalue weighted by Crippen LogP contribution is -2.31. The molecule has 2 heterocycles. The van der Waals surface area contributed by atoms with Crippen LogP contribution in [0.15, 0.2) is 38.8 Å². The van der Waals surface area contributed by atoms with Crippen LogP contribution in [-0.2, 0) is 16.6 Å². The number of aromatic nitrogens is 4. The Morgan fingerprint density at radius 2 is 1.78 bits per heavy atom. The molecule has 2 aromatic heterocycles. The Bertz CT molecular complexity index is 1210. The summed E-state index contributed by atoms with van der Waals surface area (Å²) in [5, 5.41) is 4.38. The number of aryl methyl sites for hydroxylation is 2. The van der Waals surface area contributed by atoms with Gasteiger partial charge in [0.25, 0.3) is 0 Å². The van der Waals surface area contributed by atoms with Gasteiger partial charge >= 0.3 is 11.1 Å². The Balaban J connectivity index is 1.75. The van der Waals surface area contributed by atoms with E-state index in [2.05, 4.69) is 19.8 Å². The number of rotatable bonds is 6. The third-order valence-corrected chi connectivity index (χ3v) is 5.63. The third-order valence-electron chi connectivity index (χ3n) is 4.21. The molecule has 0 radical (unpaired) electrons. The minimum absolute atomic E-state index is 0.0102. The fourth-order valence-corrected chi connectivity index (χ4v) is 4.01. The van der Waals surface area contributed by atoms with Crippen molar-refractivity contribution >= 4 is 21.1 Å². The number of sulfonamides is 1. The monoisotopic (exact) mass is 391 g/mol. The minimum atomic E-state index is -3.76. The number of aromatic amines is 2. The maximum Gasteiger partial charge on any atom is 0.314 e. The summed E-state index contributed by atoms with van der Waals surface area (Å²) >= 11 is 0. The van der Waals surface area contributed by atoms with Crippen LogP contribution in [0.25, 0.3) is 11.0 Å².